The zero-order valence-electron chi connectivity index (χ0n) is 16.8. The molecule has 1 saturated carbocycles. The molecule has 10 heteroatoms. The number of halogens is 2. The summed E-state index contributed by atoms with van der Waals surface area (Å²) in [5.74, 6) is 0.00262. The molecule has 1 aromatic carbocycles. The van der Waals surface area contributed by atoms with Crippen molar-refractivity contribution in [2.45, 2.75) is 43.3 Å². The normalized spacial score (nSPS) is 21.4. The molecule has 2 aliphatic heterocycles. The SMILES string of the molecule is O=C(N1CCC(c2noc(-c3cc(F)c4cnn(C5COC5)c4c3)n2)CC1)C1(F)CC1. The molecule has 0 bridgehead atoms. The summed E-state index contributed by atoms with van der Waals surface area (Å²) in [6.45, 7) is 2.06. The van der Waals surface area contributed by atoms with Gasteiger partial charge in [0.15, 0.2) is 11.5 Å². The second-order valence-corrected chi connectivity index (χ2v) is 8.66. The van der Waals surface area contributed by atoms with Crippen LogP contribution in [0.1, 0.15) is 43.5 Å². The Kier molecular flexibility index (Phi) is 4.14. The Labute approximate surface area is 176 Å². The number of fused-ring (bicyclic) bond motifs is 1. The number of aromatic nitrogens is 4. The molecular weight excluding hydrogens is 408 g/mol. The molecular formula is C21H21F2N5O3. The second-order valence-electron chi connectivity index (χ2n) is 8.66. The van der Waals surface area contributed by atoms with Crippen molar-refractivity contribution in [2.24, 2.45) is 0 Å². The van der Waals surface area contributed by atoms with E-state index >= 15 is 0 Å². The molecule has 1 amide bonds. The van der Waals surface area contributed by atoms with Crippen molar-refractivity contribution < 1.29 is 22.8 Å². The third-order valence-electron chi connectivity index (χ3n) is 6.54. The summed E-state index contributed by atoms with van der Waals surface area (Å²) in [5.41, 5.74) is -0.478. The highest BCUT2D eigenvalue weighted by Crippen LogP contribution is 2.42. The Hall–Kier alpha value is -2.88. The molecule has 1 aliphatic carbocycles. The number of carbonyl (C=O) groups is 1. The van der Waals surface area contributed by atoms with Crippen molar-refractivity contribution in [1.82, 2.24) is 24.8 Å². The van der Waals surface area contributed by atoms with Crippen LogP contribution in [0.25, 0.3) is 22.4 Å². The number of carbonyl (C=O) groups excluding carboxylic acids is 1. The van der Waals surface area contributed by atoms with Gasteiger partial charge >= 0.3 is 0 Å². The van der Waals surface area contributed by atoms with Crippen LogP contribution in [0.3, 0.4) is 0 Å². The van der Waals surface area contributed by atoms with Crippen LogP contribution in [0.4, 0.5) is 8.78 Å². The summed E-state index contributed by atoms with van der Waals surface area (Å²) in [7, 11) is 0. The summed E-state index contributed by atoms with van der Waals surface area (Å²) >= 11 is 0. The number of hydrogen-bond acceptors (Lipinski definition) is 6. The van der Waals surface area contributed by atoms with Crippen LogP contribution in [0.2, 0.25) is 0 Å². The van der Waals surface area contributed by atoms with Crippen molar-refractivity contribution in [2.75, 3.05) is 26.3 Å². The number of nitrogens with zero attached hydrogens (tertiary/aromatic N) is 5. The summed E-state index contributed by atoms with van der Waals surface area (Å²) in [6.07, 6.45) is 3.45. The van der Waals surface area contributed by atoms with Crippen molar-refractivity contribution in [3.63, 3.8) is 0 Å². The van der Waals surface area contributed by atoms with Gasteiger partial charge in [0.25, 0.3) is 11.8 Å². The van der Waals surface area contributed by atoms with E-state index in [-0.39, 0.29) is 17.9 Å². The first-order chi connectivity index (χ1) is 15.0. The highest BCUT2D eigenvalue weighted by molar-refractivity contribution is 5.88. The van der Waals surface area contributed by atoms with Crippen LogP contribution in [0.15, 0.2) is 22.9 Å². The van der Waals surface area contributed by atoms with Gasteiger partial charge in [-0.3, -0.25) is 9.48 Å². The molecule has 2 saturated heterocycles. The van der Waals surface area contributed by atoms with E-state index < -0.39 is 17.4 Å². The lowest BCUT2D eigenvalue weighted by molar-refractivity contribution is -0.139. The molecule has 0 unspecified atom stereocenters. The first-order valence-corrected chi connectivity index (χ1v) is 10.6. The van der Waals surface area contributed by atoms with Gasteiger partial charge in [0.05, 0.1) is 36.4 Å². The predicted octanol–water partition coefficient (Wildman–Crippen LogP) is 3.00. The first kappa shape index (κ1) is 18.9. The first-order valence-electron chi connectivity index (χ1n) is 10.6. The van der Waals surface area contributed by atoms with Gasteiger partial charge in [-0.1, -0.05) is 5.16 Å². The molecule has 0 N–H and O–H groups in total. The molecule has 31 heavy (non-hydrogen) atoms. The van der Waals surface area contributed by atoms with Crippen molar-refractivity contribution in [3.05, 3.63) is 30.0 Å². The van der Waals surface area contributed by atoms with Gasteiger partial charge in [0.1, 0.15) is 5.82 Å². The minimum absolute atomic E-state index is 0.0162. The number of alkyl halides is 1. The largest absolute Gasteiger partial charge is 0.377 e. The number of piperidine rings is 1. The second kappa shape index (κ2) is 6.81. The van der Waals surface area contributed by atoms with Crippen molar-refractivity contribution >= 4 is 16.8 Å². The Balaban J connectivity index is 1.21. The standard InChI is InChI=1S/C21H21F2N5O3/c22-16-7-13(8-17-15(16)9-24-28(17)14-10-30-11-14)19-25-18(26-31-19)12-1-5-27(6-2-12)20(29)21(23)3-4-21/h7-9,12,14H,1-6,10-11H2. The fourth-order valence-electron chi connectivity index (χ4n) is 4.35. The van der Waals surface area contributed by atoms with Gasteiger partial charge in [-0.05, 0) is 37.8 Å². The average molecular weight is 429 g/mol. The monoisotopic (exact) mass is 429 g/mol. The molecule has 3 aliphatic rings. The molecule has 0 atom stereocenters. The summed E-state index contributed by atoms with van der Waals surface area (Å²) in [4.78, 5) is 18.3. The van der Waals surface area contributed by atoms with Gasteiger partial charge in [-0.15, -0.1) is 0 Å². The summed E-state index contributed by atoms with van der Waals surface area (Å²) in [5, 5.41) is 8.85. The number of ether oxygens (including phenoxy) is 1. The maximum absolute atomic E-state index is 14.7. The van der Waals surface area contributed by atoms with Crippen molar-refractivity contribution in [3.8, 4) is 11.5 Å². The number of rotatable bonds is 4. The number of hydrogen-bond donors (Lipinski definition) is 0. The topological polar surface area (TPSA) is 86.3 Å². The van der Waals surface area contributed by atoms with E-state index in [1.807, 2.05) is 0 Å². The minimum atomic E-state index is -1.63. The lowest BCUT2D eigenvalue weighted by Gasteiger charge is -2.31. The fourth-order valence-corrected chi connectivity index (χ4v) is 4.35. The van der Waals surface area contributed by atoms with Gasteiger partial charge in [-0.2, -0.15) is 10.1 Å². The lowest BCUT2D eigenvalue weighted by Crippen LogP contribution is -2.43. The fraction of sp³-hybridized carbons (Fsp3) is 0.524. The quantitative estimate of drug-likeness (QED) is 0.634. The number of benzene rings is 1. The van der Waals surface area contributed by atoms with Crippen LogP contribution in [-0.2, 0) is 9.53 Å². The molecule has 4 heterocycles. The highest BCUT2D eigenvalue weighted by atomic mass is 19.1. The number of likely N-dealkylation sites (tertiary alicyclic amines) is 1. The Bertz CT molecular complexity index is 1160. The Morgan fingerprint density at radius 2 is 1.97 bits per heavy atom. The zero-order valence-corrected chi connectivity index (χ0v) is 16.8. The third kappa shape index (κ3) is 3.12. The third-order valence-corrected chi connectivity index (χ3v) is 6.54. The predicted molar refractivity (Wildman–Crippen MR) is 104 cm³/mol. The average Bonchev–Trinajstić information content (AvgIpc) is 3.15. The van der Waals surface area contributed by atoms with Gasteiger partial charge in [0, 0.05) is 24.6 Å². The molecule has 0 spiro atoms. The number of amides is 1. The van der Waals surface area contributed by atoms with Gasteiger partial charge < -0.3 is 14.2 Å². The molecule has 6 rings (SSSR count). The highest BCUT2D eigenvalue weighted by Gasteiger charge is 2.53. The minimum Gasteiger partial charge on any atom is -0.377 e. The summed E-state index contributed by atoms with van der Waals surface area (Å²) < 4.78 is 41.1. The zero-order chi connectivity index (χ0) is 21.2. The Morgan fingerprint density at radius 3 is 2.65 bits per heavy atom. The van der Waals surface area contributed by atoms with Gasteiger partial charge in [-0.25, -0.2) is 8.78 Å². The Morgan fingerprint density at radius 1 is 1.19 bits per heavy atom. The van der Waals surface area contributed by atoms with Gasteiger partial charge in [0.2, 0.25) is 0 Å². The molecule has 162 valence electrons. The lowest BCUT2D eigenvalue weighted by atomic mass is 9.95. The van der Waals surface area contributed by atoms with Crippen LogP contribution >= 0.6 is 0 Å². The van der Waals surface area contributed by atoms with E-state index in [0.29, 0.717) is 74.3 Å². The molecule has 2 aromatic heterocycles. The maximum atomic E-state index is 14.7. The summed E-state index contributed by atoms with van der Waals surface area (Å²) in [6, 6.07) is 3.27. The smallest absolute Gasteiger partial charge is 0.260 e. The molecule has 3 fully saturated rings. The molecule has 0 radical (unpaired) electrons. The van der Waals surface area contributed by atoms with Crippen LogP contribution in [-0.4, -0.2) is 62.7 Å². The molecule has 8 nitrogen and oxygen atoms in total. The van der Waals surface area contributed by atoms with E-state index in [1.54, 1.807) is 15.6 Å². The van der Waals surface area contributed by atoms with E-state index in [2.05, 4.69) is 15.2 Å². The molecule has 3 aromatic rings. The van der Waals surface area contributed by atoms with E-state index in [9.17, 15) is 13.6 Å². The van der Waals surface area contributed by atoms with Crippen LogP contribution in [0, 0.1) is 5.82 Å². The van der Waals surface area contributed by atoms with Crippen LogP contribution in [0.5, 0.6) is 0 Å². The van der Waals surface area contributed by atoms with Crippen molar-refractivity contribution in [1.29, 1.82) is 0 Å². The van der Waals surface area contributed by atoms with E-state index in [4.69, 9.17) is 9.26 Å². The van der Waals surface area contributed by atoms with Crippen LogP contribution < -0.4 is 0 Å². The maximum Gasteiger partial charge on any atom is 0.260 e. The van der Waals surface area contributed by atoms with E-state index in [0.717, 1.165) is 0 Å². The van der Waals surface area contributed by atoms with E-state index in [1.165, 1.54) is 12.3 Å².